The Balaban J connectivity index is 2.16. The highest BCUT2D eigenvalue weighted by Gasteiger charge is 2.18. The Labute approximate surface area is 84.1 Å². The van der Waals surface area contributed by atoms with Gasteiger partial charge >= 0.3 is 0 Å². The van der Waals surface area contributed by atoms with Crippen LogP contribution in [0.3, 0.4) is 0 Å². The summed E-state index contributed by atoms with van der Waals surface area (Å²) in [5, 5.41) is 3.22. The van der Waals surface area contributed by atoms with Gasteiger partial charge in [-0.25, -0.2) is 0 Å². The van der Waals surface area contributed by atoms with Crippen molar-refractivity contribution in [2.75, 3.05) is 0 Å². The Morgan fingerprint density at radius 3 is 2.86 bits per heavy atom. The Morgan fingerprint density at radius 1 is 1.43 bits per heavy atom. The number of aromatic nitrogens is 2. The zero-order valence-electron chi connectivity index (χ0n) is 8.97. The highest BCUT2D eigenvalue weighted by Crippen LogP contribution is 2.16. The third-order valence-electron chi connectivity index (χ3n) is 2.92. The average Bonchev–Trinajstić information content (AvgIpc) is 2.66. The van der Waals surface area contributed by atoms with Gasteiger partial charge < -0.3 is 0 Å². The zero-order valence-corrected chi connectivity index (χ0v) is 8.97. The lowest BCUT2D eigenvalue weighted by atomic mass is 10.1. The van der Waals surface area contributed by atoms with Crippen LogP contribution in [-0.2, 0) is 19.4 Å². The van der Waals surface area contributed by atoms with Crippen LogP contribution in [0, 0.1) is 5.92 Å². The second-order valence-corrected chi connectivity index (χ2v) is 4.56. The summed E-state index contributed by atoms with van der Waals surface area (Å²) in [4.78, 5) is 11.8. The third-order valence-corrected chi connectivity index (χ3v) is 2.92. The normalized spacial score (nSPS) is 15.1. The van der Waals surface area contributed by atoms with E-state index in [1.54, 1.807) is 4.68 Å². The fourth-order valence-electron chi connectivity index (χ4n) is 2.02. The van der Waals surface area contributed by atoms with Crippen LogP contribution in [0.25, 0.3) is 0 Å². The summed E-state index contributed by atoms with van der Waals surface area (Å²) in [6.07, 6.45) is 4.24. The van der Waals surface area contributed by atoms with E-state index in [0.717, 1.165) is 37.8 Å². The molecular weight excluding hydrogens is 176 g/mol. The first-order valence-electron chi connectivity index (χ1n) is 5.49. The molecule has 0 fully saturated rings. The van der Waals surface area contributed by atoms with Crippen molar-refractivity contribution in [2.45, 2.75) is 46.1 Å². The minimum absolute atomic E-state index is 0.221. The standard InChI is InChI=1S/C11H18N2O/c1-8(2)6-7-13-11(14)9-4-3-5-10(9)12-13/h8,12H,3-7H2,1-2H3. The number of aromatic amines is 1. The minimum Gasteiger partial charge on any atom is -0.299 e. The van der Waals surface area contributed by atoms with Crippen molar-refractivity contribution in [1.82, 2.24) is 9.78 Å². The molecular formula is C11H18N2O. The zero-order chi connectivity index (χ0) is 10.1. The van der Waals surface area contributed by atoms with Gasteiger partial charge in [-0.1, -0.05) is 13.8 Å². The molecule has 0 saturated heterocycles. The van der Waals surface area contributed by atoms with Crippen LogP contribution in [0.4, 0.5) is 0 Å². The van der Waals surface area contributed by atoms with Crippen LogP contribution >= 0.6 is 0 Å². The van der Waals surface area contributed by atoms with E-state index in [4.69, 9.17) is 0 Å². The van der Waals surface area contributed by atoms with E-state index in [1.165, 1.54) is 5.69 Å². The van der Waals surface area contributed by atoms with E-state index in [2.05, 4.69) is 18.9 Å². The molecule has 1 aliphatic rings. The number of hydrogen-bond donors (Lipinski definition) is 1. The van der Waals surface area contributed by atoms with Crippen molar-refractivity contribution < 1.29 is 0 Å². The summed E-state index contributed by atoms with van der Waals surface area (Å²) in [6, 6.07) is 0. The molecule has 1 N–H and O–H groups in total. The number of nitrogens with one attached hydrogen (secondary N) is 1. The number of nitrogens with zero attached hydrogens (tertiary/aromatic N) is 1. The van der Waals surface area contributed by atoms with Gasteiger partial charge in [0.15, 0.2) is 0 Å². The molecule has 78 valence electrons. The van der Waals surface area contributed by atoms with Crippen molar-refractivity contribution >= 4 is 0 Å². The summed E-state index contributed by atoms with van der Waals surface area (Å²) in [5.41, 5.74) is 2.44. The van der Waals surface area contributed by atoms with Gasteiger partial charge in [0.1, 0.15) is 0 Å². The Bertz CT molecular complexity index is 373. The molecule has 1 aromatic heterocycles. The first-order valence-corrected chi connectivity index (χ1v) is 5.49. The number of H-pyrrole nitrogens is 1. The van der Waals surface area contributed by atoms with Crippen LogP contribution in [0.1, 0.15) is 37.9 Å². The largest absolute Gasteiger partial charge is 0.299 e. The molecule has 0 aliphatic heterocycles. The fourth-order valence-corrected chi connectivity index (χ4v) is 2.02. The topological polar surface area (TPSA) is 37.8 Å². The van der Waals surface area contributed by atoms with Gasteiger partial charge in [-0.05, 0) is 31.6 Å². The highest BCUT2D eigenvalue weighted by atomic mass is 16.1. The van der Waals surface area contributed by atoms with Gasteiger partial charge in [0.2, 0.25) is 0 Å². The molecule has 1 aromatic rings. The van der Waals surface area contributed by atoms with Crippen molar-refractivity contribution in [3.63, 3.8) is 0 Å². The first kappa shape index (κ1) is 9.56. The molecule has 2 rings (SSSR count). The molecule has 0 spiro atoms. The summed E-state index contributed by atoms with van der Waals surface area (Å²) in [7, 11) is 0. The van der Waals surface area contributed by atoms with Crippen molar-refractivity contribution in [2.24, 2.45) is 5.92 Å². The van der Waals surface area contributed by atoms with Crippen molar-refractivity contribution in [3.8, 4) is 0 Å². The van der Waals surface area contributed by atoms with E-state index in [1.807, 2.05) is 0 Å². The predicted octanol–water partition coefficient (Wildman–Crippen LogP) is 1.71. The predicted molar refractivity (Wildman–Crippen MR) is 56.5 cm³/mol. The van der Waals surface area contributed by atoms with Crippen LogP contribution in [-0.4, -0.2) is 9.78 Å². The molecule has 14 heavy (non-hydrogen) atoms. The molecule has 0 amide bonds. The lowest BCUT2D eigenvalue weighted by molar-refractivity contribution is 0.475. The van der Waals surface area contributed by atoms with E-state index in [-0.39, 0.29) is 5.56 Å². The van der Waals surface area contributed by atoms with Gasteiger partial charge in [-0.15, -0.1) is 0 Å². The van der Waals surface area contributed by atoms with E-state index < -0.39 is 0 Å². The lowest BCUT2D eigenvalue weighted by Crippen LogP contribution is -2.20. The molecule has 1 heterocycles. The summed E-state index contributed by atoms with van der Waals surface area (Å²) < 4.78 is 1.78. The van der Waals surface area contributed by atoms with Gasteiger partial charge in [-0.2, -0.15) is 0 Å². The molecule has 0 atom stereocenters. The lowest BCUT2D eigenvalue weighted by Gasteiger charge is -2.04. The molecule has 3 heteroatoms. The number of aryl methyl sites for hydroxylation is 2. The van der Waals surface area contributed by atoms with Crippen molar-refractivity contribution in [3.05, 3.63) is 21.6 Å². The maximum Gasteiger partial charge on any atom is 0.269 e. The average molecular weight is 194 g/mol. The second-order valence-electron chi connectivity index (χ2n) is 4.56. The first-order chi connectivity index (χ1) is 6.68. The smallest absolute Gasteiger partial charge is 0.269 e. The van der Waals surface area contributed by atoms with Gasteiger partial charge in [0.25, 0.3) is 5.56 Å². The monoisotopic (exact) mass is 194 g/mol. The van der Waals surface area contributed by atoms with E-state index >= 15 is 0 Å². The number of hydrogen-bond acceptors (Lipinski definition) is 1. The van der Waals surface area contributed by atoms with E-state index in [9.17, 15) is 4.79 Å². The molecule has 1 aliphatic carbocycles. The third kappa shape index (κ3) is 1.63. The molecule has 0 unspecified atom stereocenters. The Kier molecular flexibility index (Phi) is 2.48. The number of fused-ring (bicyclic) bond motifs is 1. The molecule has 0 radical (unpaired) electrons. The molecule has 3 nitrogen and oxygen atoms in total. The van der Waals surface area contributed by atoms with Gasteiger partial charge in [-0.3, -0.25) is 14.6 Å². The van der Waals surface area contributed by atoms with Crippen LogP contribution in [0.2, 0.25) is 0 Å². The maximum atomic E-state index is 11.8. The highest BCUT2D eigenvalue weighted by molar-refractivity contribution is 5.22. The fraction of sp³-hybridized carbons (Fsp3) is 0.727. The van der Waals surface area contributed by atoms with Crippen LogP contribution < -0.4 is 5.56 Å². The summed E-state index contributed by atoms with van der Waals surface area (Å²) in [5.74, 6) is 0.653. The van der Waals surface area contributed by atoms with Crippen LogP contribution in [0.5, 0.6) is 0 Å². The van der Waals surface area contributed by atoms with Crippen LogP contribution in [0.15, 0.2) is 4.79 Å². The van der Waals surface area contributed by atoms with Crippen molar-refractivity contribution in [1.29, 1.82) is 0 Å². The minimum atomic E-state index is 0.221. The summed E-state index contributed by atoms with van der Waals surface area (Å²) >= 11 is 0. The second kappa shape index (κ2) is 3.64. The SMILES string of the molecule is CC(C)CCn1[nH]c2c(c1=O)CCC2. The Hall–Kier alpha value is -0.990. The van der Waals surface area contributed by atoms with E-state index in [0.29, 0.717) is 5.92 Å². The maximum absolute atomic E-state index is 11.8. The molecule has 0 aromatic carbocycles. The number of rotatable bonds is 3. The Morgan fingerprint density at radius 2 is 2.21 bits per heavy atom. The molecule has 0 bridgehead atoms. The summed E-state index contributed by atoms with van der Waals surface area (Å²) in [6.45, 7) is 5.20. The molecule has 0 saturated carbocycles. The van der Waals surface area contributed by atoms with Gasteiger partial charge in [0, 0.05) is 17.8 Å². The quantitative estimate of drug-likeness (QED) is 0.781. The van der Waals surface area contributed by atoms with Gasteiger partial charge in [0.05, 0.1) is 0 Å².